The highest BCUT2D eigenvalue weighted by Gasteiger charge is 2.48. The molecule has 0 unspecified atom stereocenters. The number of hydrogen-bond donors (Lipinski definition) is 0. The third kappa shape index (κ3) is 5.75. The second-order valence-electron chi connectivity index (χ2n) is 6.60. The van der Waals surface area contributed by atoms with Gasteiger partial charge in [-0.15, -0.1) is 0 Å². The first-order valence-corrected chi connectivity index (χ1v) is 9.32. The van der Waals surface area contributed by atoms with E-state index in [2.05, 4.69) is 0 Å². The van der Waals surface area contributed by atoms with Crippen LogP contribution in [0.1, 0.15) is 22.8 Å². The van der Waals surface area contributed by atoms with Crippen molar-refractivity contribution in [2.75, 3.05) is 26.6 Å². The predicted molar refractivity (Wildman–Crippen MR) is 103 cm³/mol. The highest BCUT2D eigenvalue weighted by molar-refractivity contribution is 5.91. The quantitative estimate of drug-likeness (QED) is 0.505. The van der Waals surface area contributed by atoms with Crippen molar-refractivity contribution in [2.24, 2.45) is 5.41 Å². The smallest absolute Gasteiger partial charge is 0.348 e. The Morgan fingerprint density at radius 2 is 1.53 bits per heavy atom. The predicted octanol–water partition coefficient (Wildman–Crippen LogP) is 4.25. The van der Waals surface area contributed by atoms with Crippen molar-refractivity contribution in [2.45, 2.75) is 19.6 Å². The van der Waals surface area contributed by atoms with Gasteiger partial charge < -0.3 is 14.2 Å². The molecule has 0 aliphatic heterocycles. The fourth-order valence-electron chi connectivity index (χ4n) is 2.56. The van der Waals surface area contributed by atoms with Crippen LogP contribution in [-0.4, -0.2) is 44.7 Å². The van der Waals surface area contributed by atoms with E-state index in [-0.39, 0.29) is 12.2 Å². The summed E-state index contributed by atoms with van der Waals surface area (Å²) in [6, 6.07) is 15.2. The molecule has 0 aliphatic carbocycles. The van der Waals surface area contributed by atoms with E-state index in [4.69, 9.17) is 14.2 Å². The van der Waals surface area contributed by atoms with Gasteiger partial charge in [0.2, 0.25) is 6.10 Å². The van der Waals surface area contributed by atoms with Gasteiger partial charge in [-0.3, -0.25) is 13.2 Å². The molecule has 0 bridgehead atoms. The molecule has 162 valence electrons. The van der Waals surface area contributed by atoms with E-state index >= 15 is 0 Å². The fraction of sp³-hybridized carbons (Fsp3) is 0.364. The molecular formula is C22H23F3O5. The molecular weight excluding hydrogens is 401 g/mol. The largest absolute Gasteiger partial charge is 0.489 e. The lowest BCUT2D eigenvalue weighted by Crippen LogP contribution is -2.49. The molecule has 0 saturated heterocycles. The summed E-state index contributed by atoms with van der Waals surface area (Å²) in [5.41, 5.74) is -1.49. The summed E-state index contributed by atoms with van der Waals surface area (Å²) in [7, 11) is 0. The summed E-state index contributed by atoms with van der Waals surface area (Å²) in [6.07, 6.45) is -2.06. The maximum absolute atomic E-state index is 13.4. The molecule has 1 atom stereocenters. The van der Waals surface area contributed by atoms with E-state index in [9.17, 15) is 22.8 Å². The van der Waals surface area contributed by atoms with Gasteiger partial charge in [0.05, 0.1) is 12.2 Å². The minimum absolute atomic E-state index is 0.00170. The Kier molecular flexibility index (Phi) is 8.70. The third-order valence-electron chi connectivity index (χ3n) is 4.42. The van der Waals surface area contributed by atoms with Gasteiger partial charge in [-0.1, -0.05) is 30.3 Å². The second-order valence-corrected chi connectivity index (χ2v) is 6.60. The van der Waals surface area contributed by atoms with Crippen LogP contribution in [-0.2, 0) is 20.9 Å². The van der Waals surface area contributed by atoms with Crippen LogP contribution in [0.4, 0.5) is 13.2 Å². The minimum atomic E-state index is -2.44. The Hall–Kier alpha value is -3.03. The number of ether oxygens (including phenoxy) is 3. The molecule has 0 heterocycles. The average Bonchev–Trinajstić information content (AvgIpc) is 2.79. The highest BCUT2D eigenvalue weighted by Crippen LogP contribution is 2.29. The molecule has 0 spiro atoms. The summed E-state index contributed by atoms with van der Waals surface area (Å²) >= 11 is 0. The molecule has 0 aliphatic rings. The van der Waals surface area contributed by atoms with Crippen molar-refractivity contribution in [1.29, 1.82) is 0 Å². The number of alkyl halides is 3. The fourth-order valence-corrected chi connectivity index (χ4v) is 2.56. The van der Waals surface area contributed by atoms with Crippen LogP contribution in [0.25, 0.3) is 0 Å². The summed E-state index contributed by atoms with van der Waals surface area (Å²) in [5.74, 6) is -1.77. The van der Waals surface area contributed by atoms with Gasteiger partial charge >= 0.3 is 11.9 Å². The van der Waals surface area contributed by atoms with E-state index < -0.39 is 43.5 Å². The maximum Gasteiger partial charge on any atom is 0.348 e. The lowest BCUT2D eigenvalue weighted by atomic mass is 9.86. The number of carbonyl (C=O) groups is 2. The zero-order chi connectivity index (χ0) is 22.0. The van der Waals surface area contributed by atoms with Crippen LogP contribution in [0.3, 0.4) is 0 Å². The van der Waals surface area contributed by atoms with Crippen LogP contribution >= 0.6 is 0 Å². The van der Waals surface area contributed by atoms with Gasteiger partial charge in [0.15, 0.2) is 0 Å². The third-order valence-corrected chi connectivity index (χ3v) is 4.42. The van der Waals surface area contributed by atoms with Crippen molar-refractivity contribution in [1.82, 2.24) is 0 Å². The first-order chi connectivity index (χ1) is 14.5. The van der Waals surface area contributed by atoms with E-state index in [1.807, 2.05) is 30.3 Å². The number of esters is 2. The number of hydrogen-bond acceptors (Lipinski definition) is 5. The zero-order valence-electron chi connectivity index (χ0n) is 16.5. The van der Waals surface area contributed by atoms with E-state index in [0.717, 1.165) is 5.56 Å². The number of benzene rings is 2. The van der Waals surface area contributed by atoms with Gasteiger partial charge in [0.25, 0.3) is 0 Å². The number of halogens is 3. The molecule has 0 fully saturated rings. The van der Waals surface area contributed by atoms with E-state index in [1.54, 1.807) is 0 Å². The van der Waals surface area contributed by atoms with E-state index in [1.165, 1.54) is 31.2 Å². The first-order valence-electron chi connectivity index (χ1n) is 9.32. The average molecular weight is 424 g/mol. The molecule has 0 amide bonds. The molecule has 0 radical (unpaired) electrons. The van der Waals surface area contributed by atoms with Crippen molar-refractivity contribution in [3.63, 3.8) is 0 Å². The van der Waals surface area contributed by atoms with Crippen molar-refractivity contribution in [3.8, 4) is 5.75 Å². The second kappa shape index (κ2) is 11.2. The monoisotopic (exact) mass is 424 g/mol. The summed E-state index contributed by atoms with van der Waals surface area (Å²) in [5, 5.41) is 0. The lowest BCUT2D eigenvalue weighted by molar-refractivity contribution is -0.165. The van der Waals surface area contributed by atoms with Crippen LogP contribution in [0, 0.1) is 5.41 Å². The summed E-state index contributed by atoms with van der Waals surface area (Å²) in [4.78, 5) is 24.5. The van der Waals surface area contributed by atoms with Crippen molar-refractivity contribution >= 4 is 11.9 Å². The van der Waals surface area contributed by atoms with Gasteiger partial charge in [0.1, 0.15) is 37.8 Å². The van der Waals surface area contributed by atoms with Crippen LogP contribution < -0.4 is 4.74 Å². The Bertz CT molecular complexity index is 799. The molecule has 2 rings (SSSR count). The van der Waals surface area contributed by atoms with Gasteiger partial charge in [-0.25, -0.2) is 9.59 Å². The minimum Gasteiger partial charge on any atom is -0.489 e. The molecule has 30 heavy (non-hydrogen) atoms. The summed E-state index contributed by atoms with van der Waals surface area (Å²) < 4.78 is 55.5. The topological polar surface area (TPSA) is 61.8 Å². The van der Waals surface area contributed by atoms with Crippen molar-refractivity contribution in [3.05, 3.63) is 65.7 Å². The van der Waals surface area contributed by atoms with Crippen LogP contribution in [0.15, 0.2) is 54.6 Å². The zero-order valence-corrected chi connectivity index (χ0v) is 16.5. The Balaban J connectivity index is 2.10. The van der Waals surface area contributed by atoms with Gasteiger partial charge in [-0.2, -0.15) is 0 Å². The summed E-state index contributed by atoms with van der Waals surface area (Å²) in [6.45, 7) is -2.95. The molecule has 2 aromatic rings. The molecule has 0 aromatic heterocycles. The first kappa shape index (κ1) is 23.3. The highest BCUT2D eigenvalue weighted by atomic mass is 19.1. The normalized spacial score (nSPS) is 12.1. The molecule has 0 saturated carbocycles. The van der Waals surface area contributed by atoms with Crippen LogP contribution in [0.5, 0.6) is 5.75 Å². The van der Waals surface area contributed by atoms with Crippen molar-refractivity contribution < 1.29 is 37.0 Å². The lowest BCUT2D eigenvalue weighted by Gasteiger charge is -2.31. The maximum atomic E-state index is 13.4. The molecule has 2 aromatic carbocycles. The molecule has 8 heteroatoms. The standard InChI is InChI=1S/C22H23F3O5/c1-2-28-21(27)19(22(13-23,14-24)15-25)30-20(26)17-8-10-18(11-9-17)29-12-16-6-4-3-5-7-16/h3-11,19H,2,12-15H2,1H3/t19-/m0/s1. The molecule has 0 N–H and O–H groups in total. The number of rotatable bonds is 11. The Morgan fingerprint density at radius 1 is 0.933 bits per heavy atom. The van der Waals surface area contributed by atoms with E-state index in [0.29, 0.717) is 12.4 Å². The van der Waals surface area contributed by atoms with Crippen LogP contribution in [0.2, 0.25) is 0 Å². The van der Waals surface area contributed by atoms with Gasteiger partial charge in [0, 0.05) is 0 Å². The SMILES string of the molecule is CCOC(=O)[C@H](OC(=O)c1ccc(OCc2ccccc2)cc1)C(CF)(CF)CF. The molecule has 5 nitrogen and oxygen atoms in total. The number of carbonyl (C=O) groups excluding carboxylic acids is 2. The van der Waals surface area contributed by atoms with Gasteiger partial charge in [-0.05, 0) is 36.8 Å². The Morgan fingerprint density at radius 3 is 2.07 bits per heavy atom. The Labute approximate surface area is 172 Å².